The second-order valence-electron chi connectivity index (χ2n) is 12.0. The first kappa shape index (κ1) is 28.9. The molecule has 0 radical (unpaired) electrons. The maximum Gasteiger partial charge on any atom is 0.335 e. The lowest BCUT2D eigenvalue weighted by Crippen LogP contribution is -2.74. The molecule has 2 saturated heterocycles. The first-order valence-electron chi connectivity index (χ1n) is 13.7. The number of carbonyl (C=O) groups is 1. The molecule has 2 fully saturated rings. The summed E-state index contributed by atoms with van der Waals surface area (Å²) in [5, 5.41) is 11.7. The van der Waals surface area contributed by atoms with Crippen molar-refractivity contribution in [3.63, 3.8) is 0 Å². The van der Waals surface area contributed by atoms with Gasteiger partial charge in [0.05, 0.1) is 24.2 Å². The fraction of sp³-hybridized carbons (Fsp3) is 0.586. The number of hydroxylamine groups is 2. The number of rotatable bonds is 7. The Kier molecular flexibility index (Phi) is 7.98. The second kappa shape index (κ2) is 10.5. The van der Waals surface area contributed by atoms with Crippen molar-refractivity contribution in [2.45, 2.75) is 108 Å². The Balaban J connectivity index is 1.88. The number of carbonyl (C=O) groups excluding carboxylic acids is 1. The predicted molar refractivity (Wildman–Crippen MR) is 151 cm³/mol. The van der Waals surface area contributed by atoms with Crippen LogP contribution in [-0.2, 0) is 29.2 Å². The van der Waals surface area contributed by atoms with E-state index in [0.29, 0.717) is 11.1 Å². The fourth-order valence-electron chi connectivity index (χ4n) is 6.29. The topological polar surface area (TPSA) is 81.0 Å². The van der Waals surface area contributed by atoms with Gasteiger partial charge in [-0.1, -0.05) is 92.3 Å². The molecule has 1 aromatic carbocycles. The molecule has 1 amide bonds. The van der Waals surface area contributed by atoms with Gasteiger partial charge in [-0.25, -0.2) is 5.06 Å². The first-order chi connectivity index (χ1) is 17.9. The van der Waals surface area contributed by atoms with Gasteiger partial charge in [0.2, 0.25) is 5.91 Å². The lowest BCUT2D eigenvalue weighted by molar-refractivity contribution is -0.274. The van der Waals surface area contributed by atoms with Crippen molar-refractivity contribution < 1.29 is 22.6 Å². The zero-order valence-corrected chi connectivity index (χ0v) is 26.0. The largest absolute Gasteiger partial charge is 0.414 e. The molecule has 1 spiro atoms. The molecule has 38 heavy (non-hydrogen) atoms. The van der Waals surface area contributed by atoms with Crippen LogP contribution < -0.4 is 0 Å². The van der Waals surface area contributed by atoms with E-state index in [9.17, 15) is 10.1 Å². The zero-order valence-electron chi connectivity index (χ0n) is 24.0. The fourth-order valence-corrected chi connectivity index (χ4v) is 17.6. The number of nitriles is 1. The van der Waals surface area contributed by atoms with Crippen LogP contribution in [0, 0.1) is 11.3 Å². The van der Waals surface area contributed by atoms with E-state index in [1.807, 2.05) is 30.3 Å². The summed E-state index contributed by atoms with van der Waals surface area (Å²) >= 11 is 0. The minimum Gasteiger partial charge on any atom is -0.414 e. The van der Waals surface area contributed by atoms with Gasteiger partial charge in [-0.2, -0.15) is 5.26 Å². The lowest BCUT2D eigenvalue weighted by Gasteiger charge is -2.57. The molecule has 0 saturated carbocycles. The molecule has 0 N–H and O–H groups in total. The Morgan fingerprint density at radius 1 is 1.03 bits per heavy atom. The molecule has 3 atom stereocenters. The number of hydrogen-bond acceptors (Lipinski definition) is 6. The van der Waals surface area contributed by atoms with E-state index in [0.717, 1.165) is 5.56 Å². The highest BCUT2D eigenvalue weighted by atomic mass is 28.5. The highest BCUT2D eigenvalue weighted by Crippen LogP contribution is 2.55. The summed E-state index contributed by atoms with van der Waals surface area (Å²) in [6.45, 7) is 21.9. The molecular weight excluding hydrogens is 513 g/mol. The molecule has 9 heteroatoms. The molecule has 206 valence electrons. The summed E-state index contributed by atoms with van der Waals surface area (Å²) in [6, 6.07) is 12.1. The minimum absolute atomic E-state index is 0.109. The molecule has 2 aliphatic heterocycles. The maximum atomic E-state index is 13.1. The molecule has 4 rings (SSSR count). The smallest absolute Gasteiger partial charge is 0.335 e. The van der Waals surface area contributed by atoms with Crippen molar-refractivity contribution in [1.29, 1.82) is 5.26 Å². The van der Waals surface area contributed by atoms with Gasteiger partial charge in [-0.3, -0.25) is 9.63 Å². The molecule has 7 nitrogen and oxygen atoms in total. The summed E-state index contributed by atoms with van der Waals surface area (Å²) in [7, 11) is -5.85. The van der Waals surface area contributed by atoms with Crippen molar-refractivity contribution in [1.82, 2.24) is 5.06 Å². The van der Waals surface area contributed by atoms with Crippen LogP contribution in [0.1, 0.15) is 67.4 Å². The van der Waals surface area contributed by atoms with Crippen LogP contribution in [0.5, 0.6) is 0 Å². The number of fused-ring (bicyclic) bond motifs is 2. The van der Waals surface area contributed by atoms with Crippen LogP contribution >= 0.6 is 0 Å². The van der Waals surface area contributed by atoms with Gasteiger partial charge < -0.3 is 13.0 Å². The van der Waals surface area contributed by atoms with E-state index in [-0.39, 0.29) is 41.1 Å². The first-order valence-corrected chi connectivity index (χ1v) is 17.7. The van der Waals surface area contributed by atoms with Gasteiger partial charge in [0.15, 0.2) is 0 Å². The molecule has 2 heterocycles. The van der Waals surface area contributed by atoms with Crippen molar-refractivity contribution in [3.8, 4) is 6.07 Å². The van der Waals surface area contributed by atoms with Gasteiger partial charge >= 0.3 is 17.1 Å². The maximum absolute atomic E-state index is 13.1. The molecule has 3 unspecified atom stereocenters. The average molecular weight is 555 g/mol. The van der Waals surface area contributed by atoms with Crippen LogP contribution in [0.4, 0.5) is 0 Å². The summed E-state index contributed by atoms with van der Waals surface area (Å²) in [5.41, 5.74) is 1.48. The molecular formula is C29H42N2O5Si2. The Morgan fingerprint density at radius 3 is 2.08 bits per heavy atom. The predicted octanol–water partition coefficient (Wildman–Crippen LogP) is 6.43. The third kappa shape index (κ3) is 4.35. The van der Waals surface area contributed by atoms with Gasteiger partial charge in [0, 0.05) is 0 Å². The quantitative estimate of drug-likeness (QED) is 0.285. The van der Waals surface area contributed by atoms with Crippen molar-refractivity contribution in [2.24, 2.45) is 0 Å². The molecule has 3 aliphatic rings. The molecule has 1 aromatic rings. The van der Waals surface area contributed by atoms with Crippen LogP contribution in [0.15, 0.2) is 54.1 Å². The van der Waals surface area contributed by atoms with Crippen LogP contribution in [0.2, 0.25) is 22.2 Å². The number of amides is 1. The monoisotopic (exact) mass is 554 g/mol. The van der Waals surface area contributed by atoms with E-state index in [4.69, 9.17) is 17.8 Å². The van der Waals surface area contributed by atoms with Crippen molar-refractivity contribution in [3.05, 3.63) is 59.7 Å². The third-order valence-corrected chi connectivity index (χ3v) is 18.6. The summed E-state index contributed by atoms with van der Waals surface area (Å²) in [5.74, 6) is -0.181. The van der Waals surface area contributed by atoms with Gasteiger partial charge in [0.1, 0.15) is 18.2 Å². The van der Waals surface area contributed by atoms with Crippen molar-refractivity contribution in [2.75, 3.05) is 0 Å². The Labute approximate surface area is 229 Å². The van der Waals surface area contributed by atoms with Gasteiger partial charge in [-0.05, 0) is 39.4 Å². The number of hydrogen-bond donors (Lipinski definition) is 0. The minimum atomic E-state index is -2.97. The van der Waals surface area contributed by atoms with Crippen LogP contribution in [-0.4, -0.2) is 45.8 Å². The number of benzene rings is 1. The molecule has 1 aliphatic carbocycles. The Morgan fingerprint density at radius 2 is 1.58 bits per heavy atom. The zero-order chi connectivity index (χ0) is 28.0. The summed E-state index contributed by atoms with van der Waals surface area (Å²) in [4.78, 5) is 19.3. The van der Waals surface area contributed by atoms with E-state index < -0.39 is 34.9 Å². The van der Waals surface area contributed by atoms with Crippen LogP contribution in [0.3, 0.4) is 0 Å². The number of nitrogens with zero attached hydrogens (tertiary/aromatic N) is 2. The van der Waals surface area contributed by atoms with Gasteiger partial charge in [-0.15, -0.1) is 0 Å². The van der Waals surface area contributed by atoms with E-state index >= 15 is 0 Å². The van der Waals surface area contributed by atoms with E-state index in [1.54, 1.807) is 6.08 Å². The Bertz CT molecular complexity index is 1130. The average Bonchev–Trinajstić information content (AvgIpc) is 3.04. The number of β-lactam (4-membered cyclic amide) rings is 1. The van der Waals surface area contributed by atoms with E-state index in [1.165, 1.54) is 5.06 Å². The summed E-state index contributed by atoms with van der Waals surface area (Å²) in [6.07, 6.45) is 0.671. The normalized spacial score (nSPS) is 28.4. The highest BCUT2D eigenvalue weighted by Gasteiger charge is 2.70. The SMILES string of the molecule is C=C1C=C(C#N)C2(CC(=O)N2OCc2ccccc2)C2O[Si](C(C)C)(C(C)C)O[Si](C(C)C)(C(C)C)OC12. The lowest BCUT2D eigenvalue weighted by atomic mass is 9.68. The molecule has 0 bridgehead atoms. The third-order valence-electron chi connectivity index (χ3n) is 8.40. The van der Waals surface area contributed by atoms with E-state index in [2.05, 4.69) is 68.0 Å². The standard InChI is InChI=1S/C29H42N2O5Si2/c1-19(2)37(20(3)4)34-27-23(9)15-25(17-30)29(28(27)35-38(36-37,21(5)6)22(7)8)16-26(32)31(29)33-18-24-13-11-10-12-14-24/h10-15,19-22,27-28H,9,16,18H2,1-8H3. The second-order valence-corrected chi connectivity index (χ2v) is 20.8. The summed E-state index contributed by atoms with van der Waals surface area (Å²) < 4.78 is 21.8. The van der Waals surface area contributed by atoms with Gasteiger partial charge in [0.25, 0.3) is 0 Å². The van der Waals surface area contributed by atoms with Crippen molar-refractivity contribution >= 4 is 23.0 Å². The Hall–Kier alpha value is -2.07. The highest BCUT2D eigenvalue weighted by molar-refractivity contribution is 6.84. The van der Waals surface area contributed by atoms with Crippen LogP contribution in [0.25, 0.3) is 0 Å². The molecule has 0 aromatic heterocycles.